The highest BCUT2D eigenvalue weighted by molar-refractivity contribution is 6.02. The fraction of sp³-hybridized carbons (Fsp3) is 0.100. The van der Waals surface area contributed by atoms with Crippen molar-refractivity contribution in [3.05, 3.63) is 78.5 Å². The number of nitrogens with one attached hydrogen (secondary N) is 1. The first-order chi connectivity index (χ1) is 13.2. The lowest BCUT2D eigenvalue weighted by atomic mass is 10.3. The van der Waals surface area contributed by atoms with Crippen LogP contribution in [-0.4, -0.2) is 22.1 Å². The molecule has 0 aliphatic carbocycles. The maximum atomic E-state index is 13.0. The molecule has 6 nitrogen and oxygen atoms in total. The summed E-state index contributed by atoms with van der Waals surface area (Å²) in [7, 11) is 0. The molecule has 0 radical (unpaired) electrons. The van der Waals surface area contributed by atoms with Crippen LogP contribution >= 0.6 is 0 Å². The molecule has 2 heterocycles. The molecule has 2 aromatic carbocycles. The van der Waals surface area contributed by atoms with Crippen LogP contribution in [0.1, 0.15) is 10.6 Å². The molecule has 1 N–H and O–H groups in total. The van der Waals surface area contributed by atoms with E-state index >= 15 is 0 Å². The number of benzene rings is 2. The van der Waals surface area contributed by atoms with E-state index in [1.807, 2.05) is 28.8 Å². The van der Waals surface area contributed by atoms with E-state index < -0.39 is 0 Å². The molecule has 1 amide bonds. The van der Waals surface area contributed by atoms with Crippen molar-refractivity contribution in [1.82, 2.24) is 9.55 Å². The summed E-state index contributed by atoms with van der Waals surface area (Å²) in [6, 6.07) is 16.6. The molecule has 136 valence electrons. The first-order valence-corrected chi connectivity index (χ1v) is 8.39. The summed E-state index contributed by atoms with van der Waals surface area (Å²) < 4.78 is 25.6. The van der Waals surface area contributed by atoms with Crippen molar-refractivity contribution in [2.75, 3.05) is 11.9 Å². The number of imidazole rings is 1. The average Bonchev–Trinajstić information content (AvgIpc) is 3.32. The lowest BCUT2D eigenvalue weighted by molar-refractivity contribution is 0.0995. The van der Waals surface area contributed by atoms with Crippen molar-refractivity contribution in [2.24, 2.45) is 0 Å². The fourth-order valence-corrected chi connectivity index (χ4v) is 2.75. The first-order valence-electron chi connectivity index (χ1n) is 8.39. The number of hydrogen-bond donors (Lipinski definition) is 1. The van der Waals surface area contributed by atoms with E-state index in [4.69, 9.17) is 9.15 Å². The Balaban J connectivity index is 1.54. The smallest absolute Gasteiger partial charge is 0.293 e. The molecule has 4 rings (SSSR count). The second-order valence-electron chi connectivity index (χ2n) is 5.81. The van der Waals surface area contributed by atoms with Gasteiger partial charge in [0.1, 0.15) is 18.2 Å². The number of hydrogen-bond acceptors (Lipinski definition) is 4. The van der Waals surface area contributed by atoms with Gasteiger partial charge in [0.25, 0.3) is 5.91 Å². The fourth-order valence-electron chi connectivity index (χ4n) is 2.75. The van der Waals surface area contributed by atoms with Gasteiger partial charge in [0, 0.05) is 0 Å². The van der Waals surface area contributed by atoms with Crippen LogP contribution in [0, 0.1) is 5.82 Å². The van der Waals surface area contributed by atoms with Crippen LogP contribution in [-0.2, 0) is 6.54 Å². The van der Waals surface area contributed by atoms with Crippen LogP contribution in [0.25, 0.3) is 11.0 Å². The van der Waals surface area contributed by atoms with Crippen LogP contribution in [0.3, 0.4) is 0 Å². The van der Waals surface area contributed by atoms with Crippen molar-refractivity contribution in [3.8, 4) is 5.75 Å². The Morgan fingerprint density at radius 2 is 1.93 bits per heavy atom. The van der Waals surface area contributed by atoms with Crippen LogP contribution < -0.4 is 10.1 Å². The standard InChI is InChI=1S/C20H16FN3O3/c21-14-7-9-15(10-8-14)26-13-11-24-17-5-2-1-4-16(17)22-20(24)23-19(25)18-6-3-12-27-18/h1-10,12H,11,13H2,(H,22,23,25). The minimum atomic E-state index is -0.379. The number of nitrogens with zero attached hydrogens (tertiary/aromatic N) is 2. The zero-order valence-electron chi connectivity index (χ0n) is 14.3. The third-order valence-electron chi connectivity index (χ3n) is 4.02. The number of halogens is 1. The minimum Gasteiger partial charge on any atom is -0.492 e. The summed E-state index contributed by atoms with van der Waals surface area (Å²) in [6.45, 7) is 0.779. The Labute approximate surface area is 154 Å². The number of furan rings is 1. The van der Waals surface area contributed by atoms with Gasteiger partial charge in [-0.15, -0.1) is 0 Å². The SMILES string of the molecule is O=C(Nc1nc2ccccc2n1CCOc1ccc(F)cc1)c1ccco1. The third-order valence-corrected chi connectivity index (χ3v) is 4.02. The topological polar surface area (TPSA) is 69.3 Å². The normalized spacial score (nSPS) is 10.9. The van der Waals surface area contributed by atoms with Gasteiger partial charge >= 0.3 is 0 Å². The molecule has 2 aromatic heterocycles. The predicted octanol–water partition coefficient (Wildman–Crippen LogP) is 4.10. The summed E-state index contributed by atoms with van der Waals surface area (Å²) >= 11 is 0. The summed E-state index contributed by atoms with van der Waals surface area (Å²) in [5.74, 6) is 0.486. The molecular weight excluding hydrogens is 349 g/mol. The number of anilines is 1. The number of rotatable bonds is 6. The first kappa shape index (κ1) is 16.8. The van der Waals surface area contributed by atoms with Crippen molar-refractivity contribution in [2.45, 2.75) is 6.54 Å². The van der Waals surface area contributed by atoms with Crippen molar-refractivity contribution >= 4 is 22.9 Å². The van der Waals surface area contributed by atoms with E-state index in [0.717, 1.165) is 11.0 Å². The van der Waals surface area contributed by atoms with E-state index in [0.29, 0.717) is 24.8 Å². The molecule has 7 heteroatoms. The molecule has 0 bridgehead atoms. The number of fused-ring (bicyclic) bond motifs is 1. The van der Waals surface area contributed by atoms with Gasteiger partial charge < -0.3 is 13.7 Å². The number of carbonyl (C=O) groups is 1. The van der Waals surface area contributed by atoms with Gasteiger partial charge in [-0.25, -0.2) is 9.37 Å². The number of amides is 1. The van der Waals surface area contributed by atoms with E-state index in [1.165, 1.54) is 18.4 Å². The molecule has 0 saturated heterocycles. The summed E-state index contributed by atoms with van der Waals surface area (Å²) in [6.07, 6.45) is 1.44. The van der Waals surface area contributed by atoms with Crippen molar-refractivity contribution in [1.29, 1.82) is 0 Å². The Morgan fingerprint density at radius 1 is 1.11 bits per heavy atom. The molecule has 0 aliphatic rings. The largest absolute Gasteiger partial charge is 0.492 e. The molecule has 4 aromatic rings. The van der Waals surface area contributed by atoms with Gasteiger partial charge in [0.2, 0.25) is 5.95 Å². The van der Waals surface area contributed by atoms with Crippen LogP contribution in [0.4, 0.5) is 10.3 Å². The predicted molar refractivity (Wildman–Crippen MR) is 98.3 cm³/mol. The minimum absolute atomic E-state index is 0.205. The highest BCUT2D eigenvalue weighted by Crippen LogP contribution is 2.20. The molecule has 0 fully saturated rings. The molecule has 0 spiro atoms. The van der Waals surface area contributed by atoms with Crippen molar-refractivity contribution in [3.63, 3.8) is 0 Å². The summed E-state index contributed by atoms with van der Waals surface area (Å²) in [5.41, 5.74) is 1.63. The van der Waals surface area contributed by atoms with Gasteiger partial charge in [-0.3, -0.25) is 10.1 Å². The van der Waals surface area contributed by atoms with E-state index in [9.17, 15) is 9.18 Å². The van der Waals surface area contributed by atoms with E-state index in [-0.39, 0.29) is 17.5 Å². The van der Waals surface area contributed by atoms with Gasteiger partial charge in [0.05, 0.1) is 23.8 Å². The zero-order chi connectivity index (χ0) is 18.6. The highest BCUT2D eigenvalue weighted by Gasteiger charge is 2.15. The summed E-state index contributed by atoms with van der Waals surface area (Å²) in [4.78, 5) is 16.8. The molecule has 0 saturated carbocycles. The lowest BCUT2D eigenvalue weighted by Crippen LogP contribution is -2.17. The van der Waals surface area contributed by atoms with E-state index in [2.05, 4.69) is 10.3 Å². The van der Waals surface area contributed by atoms with Crippen LogP contribution in [0.2, 0.25) is 0 Å². The Bertz CT molecular complexity index is 1060. The number of carbonyl (C=O) groups excluding carboxylic acids is 1. The molecule has 0 unspecified atom stereocenters. The molecular formula is C20H16FN3O3. The second-order valence-corrected chi connectivity index (χ2v) is 5.81. The Hall–Kier alpha value is -3.61. The van der Waals surface area contributed by atoms with Gasteiger partial charge in [-0.05, 0) is 48.5 Å². The molecule has 0 atom stereocenters. The number of ether oxygens (including phenoxy) is 1. The average molecular weight is 365 g/mol. The van der Waals surface area contributed by atoms with Crippen LogP contribution in [0.5, 0.6) is 5.75 Å². The highest BCUT2D eigenvalue weighted by atomic mass is 19.1. The maximum absolute atomic E-state index is 13.0. The monoisotopic (exact) mass is 365 g/mol. The lowest BCUT2D eigenvalue weighted by Gasteiger charge is -2.11. The molecule has 27 heavy (non-hydrogen) atoms. The number of aromatic nitrogens is 2. The summed E-state index contributed by atoms with van der Waals surface area (Å²) in [5, 5.41) is 2.77. The van der Waals surface area contributed by atoms with Crippen LogP contribution in [0.15, 0.2) is 71.3 Å². The van der Waals surface area contributed by atoms with Gasteiger partial charge in [-0.1, -0.05) is 12.1 Å². The second kappa shape index (κ2) is 7.33. The van der Waals surface area contributed by atoms with Crippen molar-refractivity contribution < 1.29 is 18.3 Å². The number of para-hydroxylation sites is 2. The molecule has 0 aliphatic heterocycles. The Morgan fingerprint density at radius 3 is 2.70 bits per heavy atom. The maximum Gasteiger partial charge on any atom is 0.293 e. The van der Waals surface area contributed by atoms with E-state index in [1.54, 1.807) is 24.3 Å². The third kappa shape index (κ3) is 3.67. The van der Waals surface area contributed by atoms with Gasteiger partial charge in [0.15, 0.2) is 5.76 Å². The quantitative estimate of drug-likeness (QED) is 0.558. The zero-order valence-corrected chi connectivity index (χ0v) is 14.3. The van der Waals surface area contributed by atoms with Gasteiger partial charge in [-0.2, -0.15) is 0 Å². The Kier molecular flexibility index (Phi) is 4.57.